The van der Waals surface area contributed by atoms with Crippen LogP contribution in [0.4, 0.5) is 5.69 Å². The fourth-order valence-electron chi connectivity index (χ4n) is 4.42. The maximum atomic E-state index is 13.1. The zero-order valence-electron chi connectivity index (χ0n) is 19.4. The highest BCUT2D eigenvalue weighted by molar-refractivity contribution is 8.23. The number of β-lactam (4-membered cyclic amide) rings is 1. The zero-order valence-corrected chi connectivity index (χ0v) is 21.0. The molecule has 1 amide bonds. The molecule has 0 saturated carbocycles. The molecular formula is C23H27N3O7S2. The molecule has 0 aromatic heterocycles. The third-order valence-electron chi connectivity index (χ3n) is 6.24. The quantitative estimate of drug-likeness (QED) is 0.212. The summed E-state index contributed by atoms with van der Waals surface area (Å²) in [5, 5.41) is 21.0. The average molecular weight is 522 g/mol. The lowest BCUT2D eigenvalue weighted by Crippen LogP contribution is -2.61. The number of Topliss-reactive ketones (excluding diaryl/α,β-unsaturated/α-hetero) is 1. The summed E-state index contributed by atoms with van der Waals surface area (Å²) in [6.45, 7) is 5.17. The number of esters is 1. The molecule has 0 spiro atoms. The second kappa shape index (κ2) is 10.7. The van der Waals surface area contributed by atoms with E-state index in [2.05, 4.69) is 4.90 Å². The molecule has 1 N–H and O–H groups in total. The van der Waals surface area contributed by atoms with Crippen molar-refractivity contribution in [2.75, 3.05) is 19.6 Å². The number of likely N-dealkylation sites (tertiary alicyclic amines) is 1. The molecule has 2 saturated heterocycles. The van der Waals surface area contributed by atoms with Crippen molar-refractivity contribution in [3.63, 3.8) is 0 Å². The highest BCUT2D eigenvalue weighted by Crippen LogP contribution is 2.55. The molecule has 4 atom stereocenters. The number of rotatable bonds is 10. The Hall–Kier alpha value is -2.41. The summed E-state index contributed by atoms with van der Waals surface area (Å²) in [6.07, 6.45) is 0.509. The van der Waals surface area contributed by atoms with E-state index in [0.29, 0.717) is 29.3 Å². The van der Waals surface area contributed by atoms with E-state index in [0.717, 1.165) is 13.0 Å². The molecule has 3 aliphatic heterocycles. The van der Waals surface area contributed by atoms with Gasteiger partial charge in [0.25, 0.3) is 5.69 Å². The Balaban J connectivity index is 1.49. The maximum absolute atomic E-state index is 13.1. The molecule has 2 fully saturated rings. The Morgan fingerprint density at radius 2 is 2.06 bits per heavy atom. The van der Waals surface area contributed by atoms with E-state index in [9.17, 15) is 29.6 Å². The van der Waals surface area contributed by atoms with Gasteiger partial charge >= 0.3 is 5.97 Å². The number of non-ortho nitro benzene ring substituents is 1. The predicted molar refractivity (Wildman–Crippen MR) is 131 cm³/mol. The van der Waals surface area contributed by atoms with Gasteiger partial charge < -0.3 is 9.84 Å². The van der Waals surface area contributed by atoms with Gasteiger partial charge in [0.1, 0.15) is 17.8 Å². The number of carbonyl (C=O) groups is 3. The number of hydrogen-bond donors (Lipinski definition) is 1. The summed E-state index contributed by atoms with van der Waals surface area (Å²) in [6, 6.07) is 5.72. The maximum Gasteiger partial charge on any atom is 0.357 e. The molecular weight excluding hydrogens is 494 g/mol. The van der Waals surface area contributed by atoms with Crippen molar-refractivity contribution in [2.24, 2.45) is 5.92 Å². The third kappa shape index (κ3) is 5.40. The Labute approximate surface area is 211 Å². The van der Waals surface area contributed by atoms with Crippen LogP contribution in [0.1, 0.15) is 32.3 Å². The predicted octanol–water partition coefficient (Wildman–Crippen LogP) is 2.51. The highest BCUT2D eigenvalue weighted by atomic mass is 32.2. The number of ketones is 1. The summed E-state index contributed by atoms with van der Waals surface area (Å²) >= 11 is 2.93. The van der Waals surface area contributed by atoms with E-state index in [4.69, 9.17) is 4.74 Å². The molecule has 0 radical (unpaired) electrons. The molecule has 3 aliphatic rings. The van der Waals surface area contributed by atoms with Crippen molar-refractivity contribution in [1.82, 2.24) is 9.80 Å². The lowest BCUT2D eigenvalue weighted by Gasteiger charge is -2.44. The SMILES string of the molecule is CC[C@H](O)[C@@H]1C(=O)N2C(C(=O)OCc3ccc([N+](=O)[O-])cc3)=C(S[C@H]3CCN(CC(C)=O)C3)S[C@H]12. The molecule has 0 bridgehead atoms. The van der Waals surface area contributed by atoms with Gasteiger partial charge in [-0.1, -0.05) is 18.7 Å². The highest BCUT2D eigenvalue weighted by Gasteiger charge is 2.58. The van der Waals surface area contributed by atoms with Gasteiger partial charge in [0.15, 0.2) is 5.70 Å². The fraction of sp³-hybridized carbons (Fsp3) is 0.522. The van der Waals surface area contributed by atoms with Crippen LogP contribution in [0.2, 0.25) is 0 Å². The van der Waals surface area contributed by atoms with Crippen LogP contribution in [-0.4, -0.2) is 73.9 Å². The standard InChI is InChI=1S/C23H27N3O7S2/c1-3-17(28)18-20(29)25-19(22(30)33-12-14-4-6-15(7-5-14)26(31)32)23(35-21(18)25)34-16-8-9-24(11-16)10-13(2)27/h4-7,16-18,21,28H,3,8-12H2,1-2H3/t16-,17-,18+,21+/m0/s1. The number of nitrogens with zero attached hydrogens (tertiary/aromatic N) is 3. The number of amides is 1. The topological polar surface area (TPSA) is 130 Å². The van der Waals surface area contributed by atoms with E-state index < -0.39 is 22.9 Å². The monoisotopic (exact) mass is 521 g/mol. The summed E-state index contributed by atoms with van der Waals surface area (Å²) in [5.41, 5.74) is 0.728. The van der Waals surface area contributed by atoms with Crippen LogP contribution in [-0.2, 0) is 25.7 Å². The second-order valence-corrected chi connectivity index (χ2v) is 11.5. The number of aliphatic hydroxyl groups excluding tert-OH is 1. The van der Waals surface area contributed by atoms with Crippen LogP contribution in [0.25, 0.3) is 0 Å². The Bertz CT molecular complexity index is 1060. The first-order valence-electron chi connectivity index (χ1n) is 11.4. The minimum absolute atomic E-state index is 0.0569. The number of nitro benzene ring substituents is 1. The van der Waals surface area contributed by atoms with Gasteiger partial charge in [0, 0.05) is 23.9 Å². The van der Waals surface area contributed by atoms with Crippen LogP contribution in [0.15, 0.2) is 34.2 Å². The number of carbonyl (C=O) groups excluding carboxylic acids is 3. The smallest absolute Gasteiger partial charge is 0.357 e. The third-order valence-corrected chi connectivity index (χ3v) is 9.09. The van der Waals surface area contributed by atoms with Crippen LogP contribution in [0.3, 0.4) is 0 Å². The van der Waals surface area contributed by atoms with Crippen molar-refractivity contribution in [1.29, 1.82) is 0 Å². The molecule has 35 heavy (non-hydrogen) atoms. The average Bonchev–Trinajstić information content (AvgIpc) is 3.39. The van der Waals surface area contributed by atoms with Crippen LogP contribution in [0, 0.1) is 16.0 Å². The first-order valence-corrected chi connectivity index (χ1v) is 13.2. The van der Waals surface area contributed by atoms with Crippen molar-refractivity contribution in [2.45, 2.75) is 50.0 Å². The summed E-state index contributed by atoms with van der Waals surface area (Å²) in [5.74, 6) is -1.40. The van der Waals surface area contributed by atoms with Crippen LogP contribution >= 0.6 is 23.5 Å². The molecule has 12 heteroatoms. The number of fused-ring (bicyclic) bond motifs is 1. The summed E-state index contributed by atoms with van der Waals surface area (Å²) < 4.78 is 6.19. The molecule has 10 nitrogen and oxygen atoms in total. The summed E-state index contributed by atoms with van der Waals surface area (Å²) in [7, 11) is 0. The lowest BCUT2D eigenvalue weighted by molar-refractivity contribution is -0.384. The molecule has 1 aromatic carbocycles. The zero-order chi connectivity index (χ0) is 25.3. The minimum atomic E-state index is -0.782. The van der Waals surface area contributed by atoms with Crippen molar-refractivity contribution in [3.05, 3.63) is 49.9 Å². The van der Waals surface area contributed by atoms with Crippen LogP contribution < -0.4 is 0 Å². The lowest BCUT2D eigenvalue weighted by atomic mass is 9.90. The van der Waals surface area contributed by atoms with Crippen molar-refractivity contribution < 1.29 is 29.2 Å². The van der Waals surface area contributed by atoms with Gasteiger partial charge in [-0.3, -0.25) is 29.5 Å². The minimum Gasteiger partial charge on any atom is -0.456 e. The van der Waals surface area contributed by atoms with Gasteiger partial charge in [0.05, 0.1) is 27.7 Å². The Kier molecular flexibility index (Phi) is 7.84. The fourth-order valence-corrected chi connectivity index (χ4v) is 7.72. The molecule has 0 aliphatic carbocycles. The number of thioether (sulfide) groups is 2. The van der Waals surface area contributed by atoms with Gasteiger partial charge in [-0.15, -0.1) is 11.8 Å². The van der Waals surface area contributed by atoms with Gasteiger partial charge in [0.2, 0.25) is 5.91 Å². The molecule has 3 heterocycles. The van der Waals surface area contributed by atoms with E-state index in [1.165, 1.54) is 52.7 Å². The molecule has 188 valence electrons. The Morgan fingerprint density at radius 1 is 1.34 bits per heavy atom. The Morgan fingerprint density at radius 3 is 2.69 bits per heavy atom. The number of aliphatic hydroxyl groups is 1. The van der Waals surface area contributed by atoms with Gasteiger partial charge in [-0.2, -0.15) is 0 Å². The number of ether oxygens (including phenoxy) is 1. The normalized spacial score (nSPS) is 24.8. The number of nitro groups is 1. The number of benzene rings is 1. The number of hydrogen-bond acceptors (Lipinski definition) is 10. The van der Waals surface area contributed by atoms with Crippen molar-refractivity contribution >= 4 is 46.9 Å². The van der Waals surface area contributed by atoms with E-state index in [1.807, 2.05) is 6.92 Å². The largest absolute Gasteiger partial charge is 0.456 e. The van der Waals surface area contributed by atoms with E-state index in [1.54, 1.807) is 6.92 Å². The van der Waals surface area contributed by atoms with Gasteiger partial charge in [-0.25, -0.2) is 4.79 Å². The summed E-state index contributed by atoms with van der Waals surface area (Å²) in [4.78, 5) is 51.3. The molecule has 0 unspecified atom stereocenters. The van der Waals surface area contributed by atoms with E-state index in [-0.39, 0.29) is 40.3 Å². The molecule has 4 rings (SSSR count). The van der Waals surface area contributed by atoms with Crippen molar-refractivity contribution in [3.8, 4) is 0 Å². The molecule has 1 aromatic rings. The van der Waals surface area contributed by atoms with E-state index >= 15 is 0 Å². The second-order valence-electron chi connectivity index (χ2n) is 8.82. The first kappa shape index (κ1) is 25.7. The van der Waals surface area contributed by atoms with Gasteiger partial charge in [-0.05, 0) is 44.0 Å². The first-order chi connectivity index (χ1) is 16.7. The van der Waals surface area contributed by atoms with Crippen LogP contribution in [0.5, 0.6) is 0 Å².